The van der Waals surface area contributed by atoms with Gasteiger partial charge in [-0.15, -0.1) is 11.3 Å². The Hall–Kier alpha value is -1.45. The number of fused-ring (bicyclic) bond motifs is 1. The third-order valence-corrected chi connectivity index (χ3v) is 3.97. The van der Waals surface area contributed by atoms with Gasteiger partial charge in [-0.3, -0.25) is 0 Å². The lowest BCUT2D eigenvalue weighted by molar-refractivity contribution is 0.852. The van der Waals surface area contributed by atoms with Crippen LogP contribution in [0.3, 0.4) is 0 Å². The van der Waals surface area contributed by atoms with Crippen LogP contribution in [0.2, 0.25) is 4.34 Å². The molecule has 4 heteroatoms. The first-order chi connectivity index (χ1) is 8.22. The van der Waals surface area contributed by atoms with E-state index in [2.05, 4.69) is 29.0 Å². The Morgan fingerprint density at radius 2 is 2.06 bits per heavy atom. The van der Waals surface area contributed by atoms with Gasteiger partial charge in [-0.1, -0.05) is 11.6 Å². The minimum Gasteiger partial charge on any atom is -0.399 e. The van der Waals surface area contributed by atoms with Crippen LogP contribution in [0.4, 0.5) is 5.69 Å². The van der Waals surface area contributed by atoms with Gasteiger partial charge in [0, 0.05) is 27.7 Å². The molecular weight excluding hydrogens is 252 g/mol. The summed E-state index contributed by atoms with van der Waals surface area (Å²) in [6, 6.07) is 12.1. The zero-order valence-electron chi connectivity index (χ0n) is 9.06. The van der Waals surface area contributed by atoms with Crippen molar-refractivity contribution in [2.24, 2.45) is 0 Å². The molecule has 2 N–H and O–H groups in total. The summed E-state index contributed by atoms with van der Waals surface area (Å²) in [6.45, 7) is 0.852. The molecule has 2 aromatic heterocycles. The van der Waals surface area contributed by atoms with Crippen LogP contribution >= 0.6 is 22.9 Å². The van der Waals surface area contributed by atoms with E-state index < -0.39 is 0 Å². The average molecular weight is 263 g/mol. The fraction of sp³-hybridized carbons (Fsp3) is 0.0769. The van der Waals surface area contributed by atoms with Gasteiger partial charge in [-0.25, -0.2) is 0 Å². The molecule has 2 heterocycles. The maximum absolute atomic E-state index is 5.93. The lowest BCUT2D eigenvalue weighted by atomic mass is 10.2. The molecule has 0 aliphatic carbocycles. The fourth-order valence-electron chi connectivity index (χ4n) is 1.96. The number of rotatable bonds is 2. The van der Waals surface area contributed by atoms with E-state index in [4.69, 9.17) is 17.3 Å². The Balaban J connectivity index is 2.00. The molecule has 0 fully saturated rings. The molecule has 0 aliphatic rings. The second-order valence-corrected chi connectivity index (χ2v) is 5.77. The molecule has 2 nitrogen and oxygen atoms in total. The summed E-state index contributed by atoms with van der Waals surface area (Å²) in [6.07, 6.45) is 2.08. The van der Waals surface area contributed by atoms with Crippen LogP contribution in [-0.4, -0.2) is 4.57 Å². The van der Waals surface area contributed by atoms with Gasteiger partial charge in [-0.05, 0) is 36.4 Å². The Bertz CT molecular complexity index is 669. The van der Waals surface area contributed by atoms with Gasteiger partial charge in [0.25, 0.3) is 0 Å². The molecule has 0 bridgehead atoms. The highest BCUT2D eigenvalue weighted by molar-refractivity contribution is 7.16. The summed E-state index contributed by atoms with van der Waals surface area (Å²) in [4.78, 5) is 1.25. The lowest BCUT2D eigenvalue weighted by Crippen LogP contribution is -1.95. The largest absolute Gasteiger partial charge is 0.399 e. The van der Waals surface area contributed by atoms with Crippen LogP contribution in [0.5, 0.6) is 0 Å². The van der Waals surface area contributed by atoms with Crippen LogP contribution in [0.15, 0.2) is 42.6 Å². The standard InChI is InChI=1S/C13H11ClN2S/c14-13-4-2-11(17-13)8-16-6-5-9-7-10(15)1-3-12(9)16/h1-7H,8,15H2. The molecule has 0 radical (unpaired) electrons. The Morgan fingerprint density at radius 3 is 2.82 bits per heavy atom. The van der Waals surface area contributed by atoms with Crippen LogP contribution < -0.4 is 5.73 Å². The number of benzene rings is 1. The molecule has 3 rings (SSSR count). The maximum Gasteiger partial charge on any atom is 0.0931 e. The number of nitrogen functional groups attached to an aromatic ring is 1. The molecule has 0 spiro atoms. The fourth-order valence-corrected chi connectivity index (χ4v) is 3.05. The second-order valence-electron chi connectivity index (χ2n) is 3.97. The smallest absolute Gasteiger partial charge is 0.0931 e. The summed E-state index contributed by atoms with van der Waals surface area (Å²) in [5.41, 5.74) is 7.76. The van der Waals surface area contributed by atoms with Crippen molar-refractivity contribution < 1.29 is 0 Å². The summed E-state index contributed by atoms with van der Waals surface area (Å²) >= 11 is 7.55. The van der Waals surface area contributed by atoms with E-state index in [9.17, 15) is 0 Å². The molecule has 0 atom stereocenters. The number of nitrogens with zero attached hydrogens (tertiary/aromatic N) is 1. The van der Waals surface area contributed by atoms with E-state index in [-0.39, 0.29) is 0 Å². The van der Waals surface area contributed by atoms with Crippen molar-refractivity contribution in [2.45, 2.75) is 6.54 Å². The van der Waals surface area contributed by atoms with Crippen molar-refractivity contribution in [1.82, 2.24) is 4.57 Å². The van der Waals surface area contributed by atoms with Crippen molar-refractivity contribution in [3.8, 4) is 0 Å². The topological polar surface area (TPSA) is 30.9 Å². The summed E-state index contributed by atoms with van der Waals surface area (Å²) in [5, 5.41) is 1.17. The van der Waals surface area contributed by atoms with Crippen molar-refractivity contribution in [1.29, 1.82) is 0 Å². The van der Waals surface area contributed by atoms with Gasteiger partial charge in [-0.2, -0.15) is 0 Å². The Labute approximate surface area is 108 Å². The monoisotopic (exact) mass is 262 g/mol. The second kappa shape index (κ2) is 4.09. The quantitative estimate of drug-likeness (QED) is 0.696. The normalized spacial score (nSPS) is 11.1. The van der Waals surface area contributed by atoms with E-state index in [1.165, 1.54) is 15.8 Å². The molecule has 3 aromatic rings. The highest BCUT2D eigenvalue weighted by atomic mass is 35.5. The van der Waals surface area contributed by atoms with Crippen LogP contribution in [0.1, 0.15) is 4.88 Å². The minimum atomic E-state index is 0.800. The van der Waals surface area contributed by atoms with Gasteiger partial charge >= 0.3 is 0 Å². The predicted octanol–water partition coefficient (Wildman–Crippen LogP) is 3.99. The molecule has 0 saturated carbocycles. The van der Waals surface area contributed by atoms with Gasteiger partial charge < -0.3 is 10.3 Å². The van der Waals surface area contributed by atoms with E-state index in [0.717, 1.165) is 16.6 Å². The molecule has 1 aromatic carbocycles. The minimum absolute atomic E-state index is 0.800. The first-order valence-electron chi connectivity index (χ1n) is 5.31. The highest BCUT2D eigenvalue weighted by Gasteiger charge is 2.03. The maximum atomic E-state index is 5.93. The number of aromatic nitrogens is 1. The van der Waals surface area contributed by atoms with E-state index in [1.54, 1.807) is 11.3 Å². The Morgan fingerprint density at radius 1 is 1.18 bits per heavy atom. The average Bonchev–Trinajstić information content (AvgIpc) is 2.86. The summed E-state index contributed by atoms with van der Waals surface area (Å²) in [7, 11) is 0. The van der Waals surface area contributed by atoms with Crippen molar-refractivity contribution >= 4 is 39.5 Å². The van der Waals surface area contributed by atoms with Crippen molar-refractivity contribution in [3.05, 3.63) is 51.8 Å². The SMILES string of the molecule is Nc1ccc2c(ccn2Cc2ccc(Cl)s2)c1. The first kappa shape index (κ1) is 10.7. The third kappa shape index (κ3) is 2.04. The number of hydrogen-bond donors (Lipinski definition) is 1. The van der Waals surface area contributed by atoms with E-state index in [0.29, 0.717) is 0 Å². The molecular formula is C13H11ClN2S. The molecule has 86 valence electrons. The Kier molecular flexibility index (Phi) is 2.57. The number of thiophene rings is 1. The van der Waals surface area contributed by atoms with Crippen molar-refractivity contribution in [2.75, 3.05) is 5.73 Å². The molecule has 0 amide bonds. The van der Waals surface area contributed by atoms with Crippen molar-refractivity contribution in [3.63, 3.8) is 0 Å². The van der Waals surface area contributed by atoms with Crippen LogP contribution in [-0.2, 0) is 6.54 Å². The van der Waals surface area contributed by atoms with Gasteiger partial charge in [0.05, 0.1) is 10.9 Å². The highest BCUT2D eigenvalue weighted by Crippen LogP contribution is 2.25. The zero-order valence-corrected chi connectivity index (χ0v) is 10.6. The van der Waals surface area contributed by atoms with Gasteiger partial charge in [0.2, 0.25) is 0 Å². The predicted molar refractivity (Wildman–Crippen MR) is 74.8 cm³/mol. The third-order valence-electron chi connectivity index (χ3n) is 2.75. The molecule has 17 heavy (non-hydrogen) atoms. The molecule has 0 saturated heterocycles. The van der Waals surface area contributed by atoms with Crippen LogP contribution in [0, 0.1) is 0 Å². The van der Waals surface area contributed by atoms with E-state index >= 15 is 0 Å². The zero-order chi connectivity index (χ0) is 11.8. The van der Waals surface area contributed by atoms with Gasteiger partial charge in [0.1, 0.15) is 0 Å². The van der Waals surface area contributed by atoms with Crippen LogP contribution in [0.25, 0.3) is 10.9 Å². The molecule has 0 aliphatic heterocycles. The summed E-state index contributed by atoms with van der Waals surface area (Å²) < 4.78 is 3.04. The lowest BCUT2D eigenvalue weighted by Gasteiger charge is -2.03. The first-order valence-corrected chi connectivity index (χ1v) is 6.50. The van der Waals surface area contributed by atoms with E-state index in [1.807, 2.05) is 18.2 Å². The number of halogens is 1. The number of nitrogens with two attached hydrogens (primary N) is 1. The summed E-state index contributed by atoms with van der Waals surface area (Å²) in [5.74, 6) is 0. The molecule has 0 unspecified atom stereocenters. The number of hydrogen-bond acceptors (Lipinski definition) is 2. The van der Waals surface area contributed by atoms with Gasteiger partial charge in [0.15, 0.2) is 0 Å². The number of anilines is 1.